The molecule has 0 fully saturated rings. The summed E-state index contributed by atoms with van der Waals surface area (Å²) in [6, 6.07) is 8.56. The number of benzene rings is 1. The van der Waals surface area contributed by atoms with Gasteiger partial charge in [-0.15, -0.1) is 0 Å². The van der Waals surface area contributed by atoms with Crippen LogP contribution in [0.2, 0.25) is 0 Å². The first-order chi connectivity index (χ1) is 13.3. The maximum Gasteiger partial charge on any atom is 0.119 e. The summed E-state index contributed by atoms with van der Waals surface area (Å²) in [7, 11) is 1.73. The van der Waals surface area contributed by atoms with Crippen molar-refractivity contribution in [2.75, 3.05) is 7.11 Å². The Balaban J connectivity index is 1.44. The van der Waals surface area contributed by atoms with Crippen LogP contribution in [0.1, 0.15) is 96.8 Å². The molecule has 1 heterocycles. The summed E-state index contributed by atoms with van der Waals surface area (Å²) >= 11 is 0. The highest BCUT2D eigenvalue weighted by Gasteiger charge is 2.02. The van der Waals surface area contributed by atoms with Crippen LogP contribution in [0.25, 0.3) is 10.9 Å². The zero-order chi connectivity index (χ0) is 19.2. The minimum atomic E-state index is 0.941. The van der Waals surface area contributed by atoms with Gasteiger partial charge in [-0.3, -0.25) is 0 Å². The molecule has 0 amide bonds. The van der Waals surface area contributed by atoms with Crippen molar-refractivity contribution >= 4 is 10.9 Å². The molecular formula is C25H41NO. The highest BCUT2D eigenvalue weighted by molar-refractivity contribution is 5.81. The van der Waals surface area contributed by atoms with Crippen LogP contribution in [0.3, 0.4) is 0 Å². The van der Waals surface area contributed by atoms with Gasteiger partial charge < -0.3 is 9.30 Å². The summed E-state index contributed by atoms with van der Waals surface area (Å²) in [5, 5.41) is 1.28. The highest BCUT2D eigenvalue weighted by atomic mass is 16.5. The molecule has 2 nitrogen and oxygen atoms in total. The Bertz CT molecular complexity index is 616. The van der Waals surface area contributed by atoms with E-state index in [9.17, 15) is 0 Å². The van der Waals surface area contributed by atoms with Gasteiger partial charge >= 0.3 is 0 Å². The average molecular weight is 372 g/mol. The van der Waals surface area contributed by atoms with E-state index < -0.39 is 0 Å². The SMILES string of the molecule is CCCCCCCCCCCCCCCCn1ccc2cc(OC)ccc21. The number of rotatable bonds is 16. The molecule has 0 bridgehead atoms. The van der Waals surface area contributed by atoms with Crippen LogP contribution in [-0.4, -0.2) is 11.7 Å². The maximum absolute atomic E-state index is 5.31. The zero-order valence-electron chi connectivity index (χ0n) is 17.8. The van der Waals surface area contributed by atoms with Crippen molar-refractivity contribution in [2.24, 2.45) is 0 Å². The fourth-order valence-electron chi connectivity index (χ4n) is 3.98. The second-order valence-corrected chi connectivity index (χ2v) is 8.03. The number of hydrogen-bond acceptors (Lipinski definition) is 1. The Hall–Kier alpha value is -1.44. The Morgan fingerprint density at radius 1 is 0.704 bits per heavy atom. The standard InChI is InChI=1S/C25H41NO/c1-3-4-5-6-7-8-9-10-11-12-13-14-15-16-20-26-21-19-23-22-24(27-2)17-18-25(23)26/h17-19,21-22H,3-16,20H2,1-2H3. The molecule has 0 atom stereocenters. The predicted octanol–water partition coefficient (Wildman–Crippen LogP) is 8.13. The van der Waals surface area contributed by atoms with Crippen molar-refractivity contribution in [1.82, 2.24) is 4.57 Å². The normalized spacial score (nSPS) is 11.3. The molecule has 2 aromatic rings. The van der Waals surface area contributed by atoms with Gasteiger partial charge in [-0.05, 0) is 30.7 Å². The molecule has 152 valence electrons. The summed E-state index contributed by atoms with van der Waals surface area (Å²) in [5.74, 6) is 0.941. The van der Waals surface area contributed by atoms with Gasteiger partial charge in [0.1, 0.15) is 5.75 Å². The monoisotopic (exact) mass is 371 g/mol. The van der Waals surface area contributed by atoms with Gasteiger partial charge in [0, 0.05) is 23.6 Å². The fourth-order valence-corrected chi connectivity index (χ4v) is 3.98. The van der Waals surface area contributed by atoms with Crippen molar-refractivity contribution in [3.63, 3.8) is 0 Å². The molecule has 2 rings (SSSR count). The second kappa shape index (κ2) is 13.7. The summed E-state index contributed by atoms with van der Waals surface area (Å²) in [4.78, 5) is 0. The minimum absolute atomic E-state index is 0.941. The van der Waals surface area contributed by atoms with Crippen LogP contribution in [0.5, 0.6) is 5.75 Å². The number of aryl methyl sites for hydroxylation is 1. The van der Waals surface area contributed by atoms with Gasteiger partial charge in [0.25, 0.3) is 0 Å². The van der Waals surface area contributed by atoms with Crippen LogP contribution in [0.4, 0.5) is 0 Å². The van der Waals surface area contributed by atoms with Gasteiger partial charge in [-0.1, -0.05) is 90.4 Å². The van der Waals surface area contributed by atoms with Gasteiger partial charge in [-0.25, -0.2) is 0 Å². The Morgan fingerprint density at radius 2 is 1.26 bits per heavy atom. The molecule has 0 N–H and O–H groups in total. The minimum Gasteiger partial charge on any atom is -0.497 e. The Labute approximate surface area is 167 Å². The van der Waals surface area contributed by atoms with Crippen molar-refractivity contribution in [1.29, 1.82) is 0 Å². The van der Waals surface area contributed by atoms with Crippen molar-refractivity contribution < 1.29 is 4.74 Å². The van der Waals surface area contributed by atoms with E-state index >= 15 is 0 Å². The summed E-state index contributed by atoms with van der Waals surface area (Å²) < 4.78 is 7.69. The Kier molecular flexibility index (Phi) is 11.1. The maximum atomic E-state index is 5.31. The van der Waals surface area contributed by atoms with E-state index in [-0.39, 0.29) is 0 Å². The van der Waals surface area contributed by atoms with Crippen molar-refractivity contribution in [2.45, 2.75) is 103 Å². The van der Waals surface area contributed by atoms with Gasteiger partial charge in [-0.2, -0.15) is 0 Å². The van der Waals surface area contributed by atoms with E-state index in [0.29, 0.717) is 0 Å². The number of aromatic nitrogens is 1. The van der Waals surface area contributed by atoms with Crippen LogP contribution < -0.4 is 4.74 Å². The van der Waals surface area contributed by atoms with Crippen LogP contribution in [0.15, 0.2) is 30.5 Å². The average Bonchev–Trinajstić information content (AvgIpc) is 3.10. The van der Waals surface area contributed by atoms with Gasteiger partial charge in [0.15, 0.2) is 0 Å². The molecule has 0 unspecified atom stereocenters. The molecular weight excluding hydrogens is 330 g/mol. The van der Waals surface area contributed by atoms with Gasteiger partial charge in [0.2, 0.25) is 0 Å². The topological polar surface area (TPSA) is 14.2 Å². The molecule has 0 saturated carbocycles. The number of methoxy groups -OCH3 is 1. The smallest absolute Gasteiger partial charge is 0.119 e. The Morgan fingerprint density at radius 3 is 1.81 bits per heavy atom. The largest absolute Gasteiger partial charge is 0.497 e. The number of nitrogens with zero attached hydrogens (tertiary/aromatic N) is 1. The number of fused-ring (bicyclic) bond motifs is 1. The molecule has 0 aliphatic carbocycles. The van der Waals surface area contributed by atoms with Crippen molar-refractivity contribution in [3.8, 4) is 5.75 Å². The number of hydrogen-bond donors (Lipinski definition) is 0. The summed E-state index contributed by atoms with van der Waals surface area (Å²) in [5.41, 5.74) is 1.32. The molecule has 0 aliphatic rings. The lowest BCUT2D eigenvalue weighted by Crippen LogP contribution is -1.96. The van der Waals surface area contributed by atoms with Crippen molar-refractivity contribution in [3.05, 3.63) is 30.5 Å². The molecule has 0 radical (unpaired) electrons. The molecule has 2 heteroatoms. The summed E-state index contributed by atoms with van der Waals surface area (Å²) in [6.45, 7) is 3.42. The van der Waals surface area contributed by atoms with E-state index in [4.69, 9.17) is 4.74 Å². The van der Waals surface area contributed by atoms with E-state index in [1.807, 2.05) is 0 Å². The third-order valence-corrected chi connectivity index (χ3v) is 5.73. The lowest BCUT2D eigenvalue weighted by Gasteiger charge is -2.07. The third-order valence-electron chi connectivity index (χ3n) is 5.73. The molecule has 0 saturated heterocycles. The van der Waals surface area contributed by atoms with E-state index in [1.165, 1.54) is 101 Å². The van der Waals surface area contributed by atoms with Gasteiger partial charge in [0.05, 0.1) is 7.11 Å². The first-order valence-corrected chi connectivity index (χ1v) is 11.5. The van der Waals surface area contributed by atoms with Crippen LogP contribution in [0, 0.1) is 0 Å². The van der Waals surface area contributed by atoms with E-state index in [0.717, 1.165) is 12.3 Å². The fraction of sp³-hybridized carbons (Fsp3) is 0.680. The lowest BCUT2D eigenvalue weighted by molar-refractivity contribution is 0.415. The first-order valence-electron chi connectivity index (χ1n) is 11.5. The van der Waals surface area contributed by atoms with Crippen LogP contribution >= 0.6 is 0 Å². The molecule has 27 heavy (non-hydrogen) atoms. The lowest BCUT2D eigenvalue weighted by atomic mass is 10.0. The third kappa shape index (κ3) is 8.41. The van der Waals surface area contributed by atoms with E-state index in [2.05, 4.69) is 42.0 Å². The zero-order valence-corrected chi connectivity index (χ0v) is 17.8. The predicted molar refractivity (Wildman–Crippen MR) is 119 cm³/mol. The number of unbranched alkanes of at least 4 members (excludes halogenated alkanes) is 13. The second-order valence-electron chi connectivity index (χ2n) is 8.03. The molecule has 0 aliphatic heterocycles. The molecule has 1 aromatic heterocycles. The highest BCUT2D eigenvalue weighted by Crippen LogP contribution is 2.22. The molecule has 1 aromatic carbocycles. The van der Waals surface area contributed by atoms with Crippen LogP contribution in [-0.2, 0) is 6.54 Å². The summed E-state index contributed by atoms with van der Waals surface area (Å²) in [6.07, 6.45) is 22.1. The molecule has 0 spiro atoms. The van der Waals surface area contributed by atoms with E-state index in [1.54, 1.807) is 7.11 Å². The number of ether oxygens (including phenoxy) is 1. The first kappa shape index (κ1) is 21.9. The quantitative estimate of drug-likeness (QED) is 0.272.